The van der Waals surface area contributed by atoms with Crippen molar-refractivity contribution in [2.24, 2.45) is 0 Å². The first-order chi connectivity index (χ1) is 21.7. The summed E-state index contributed by atoms with van der Waals surface area (Å²) < 4.78 is 3.20. The van der Waals surface area contributed by atoms with Crippen molar-refractivity contribution in [3.8, 4) is 0 Å². The van der Waals surface area contributed by atoms with E-state index >= 15 is 0 Å². The average molecular weight is 824 g/mol. The maximum absolute atomic E-state index is 3.34. The SMILES string of the molecule is Cl.[C-]1=C(c2ccc3ccccc3c2)C=CC1.[C-]1=C(c2ccc3ccccc3c2)C=CC1.[Hf+2]=[Ge]([c]1ccccc1)[c]1ccccc1. The molecule has 2 aliphatic rings. The molecule has 0 fully saturated rings. The molecular formula is C42H33ClGeHf. The fourth-order valence-electron chi connectivity index (χ4n) is 5.30. The molecule has 0 spiro atoms. The van der Waals surface area contributed by atoms with Gasteiger partial charge < -0.3 is 0 Å². The molecule has 0 heterocycles. The Kier molecular flexibility index (Phi) is 12.2. The molecule has 3 heteroatoms. The Bertz CT molecular complexity index is 1870. The molecule has 0 amide bonds. The van der Waals surface area contributed by atoms with Crippen LogP contribution in [0.3, 0.4) is 0 Å². The Morgan fingerprint density at radius 3 is 1.20 bits per heavy atom. The molecule has 0 saturated heterocycles. The van der Waals surface area contributed by atoms with Crippen LogP contribution in [0, 0.1) is 12.2 Å². The minimum atomic E-state index is -1.06. The fraction of sp³-hybridized carbons (Fsp3) is 0.0476. The van der Waals surface area contributed by atoms with Gasteiger partial charge in [-0.05, 0) is 21.5 Å². The molecule has 2 aliphatic carbocycles. The van der Waals surface area contributed by atoms with E-state index in [9.17, 15) is 0 Å². The van der Waals surface area contributed by atoms with Crippen LogP contribution in [0.25, 0.3) is 32.7 Å². The summed E-state index contributed by atoms with van der Waals surface area (Å²) in [5, 5.41) is 5.18. The molecule has 216 valence electrons. The first kappa shape index (κ1) is 32.9. The van der Waals surface area contributed by atoms with E-state index in [1.54, 1.807) is 8.79 Å². The number of halogens is 1. The van der Waals surface area contributed by atoms with Gasteiger partial charge in [0.25, 0.3) is 0 Å². The summed E-state index contributed by atoms with van der Waals surface area (Å²) in [5.74, 6) is 0. The first-order valence-corrected chi connectivity index (χ1v) is 27.5. The molecule has 0 unspecified atom stereocenters. The fourth-order valence-corrected chi connectivity index (χ4v) is 14.4. The van der Waals surface area contributed by atoms with Crippen molar-refractivity contribution in [2.75, 3.05) is 0 Å². The van der Waals surface area contributed by atoms with E-state index in [0.717, 1.165) is 12.8 Å². The maximum atomic E-state index is 3.34. The number of hydrogen-bond acceptors (Lipinski definition) is 0. The van der Waals surface area contributed by atoms with Gasteiger partial charge in [0.1, 0.15) is 0 Å². The number of fused-ring (bicyclic) bond motifs is 2. The second kappa shape index (κ2) is 16.7. The second-order valence-electron chi connectivity index (χ2n) is 10.6. The molecule has 0 bridgehead atoms. The van der Waals surface area contributed by atoms with Gasteiger partial charge in [0, 0.05) is 0 Å². The molecule has 6 aromatic carbocycles. The van der Waals surface area contributed by atoms with Gasteiger partial charge in [-0.1, -0.05) is 73.5 Å². The van der Waals surface area contributed by atoms with E-state index in [-0.39, 0.29) is 12.4 Å². The predicted octanol–water partition coefficient (Wildman–Crippen LogP) is 9.73. The number of allylic oxidation sites excluding steroid dienone is 8. The summed E-state index contributed by atoms with van der Waals surface area (Å²) in [5.41, 5.74) is 4.98. The van der Waals surface area contributed by atoms with Gasteiger partial charge >= 0.3 is 101 Å². The summed E-state index contributed by atoms with van der Waals surface area (Å²) in [6.45, 7) is 0. The summed E-state index contributed by atoms with van der Waals surface area (Å²) >= 11 is 1.33. The zero-order valence-electron chi connectivity index (χ0n) is 25.0. The first-order valence-electron chi connectivity index (χ1n) is 15.0. The van der Waals surface area contributed by atoms with Gasteiger partial charge in [-0.25, -0.2) is 0 Å². The molecule has 8 rings (SSSR count). The zero-order chi connectivity index (χ0) is 30.0. The van der Waals surface area contributed by atoms with Crippen LogP contribution in [0.2, 0.25) is 0 Å². The van der Waals surface area contributed by atoms with Crippen LogP contribution < -0.4 is 8.79 Å². The van der Waals surface area contributed by atoms with E-state index < -0.39 is 10.1 Å². The molecule has 0 radical (unpaired) electrons. The van der Waals surface area contributed by atoms with Gasteiger partial charge in [0.2, 0.25) is 0 Å². The summed E-state index contributed by atoms with van der Waals surface area (Å²) in [4.78, 5) is 0. The van der Waals surface area contributed by atoms with Gasteiger partial charge in [0.05, 0.1) is 0 Å². The van der Waals surface area contributed by atoms with Crippen LogP contribution >= 0.6 is 12.4 Å². The zero-order valence-corrected chi connectivity index (χ0v) is 31.5. The van der Waals surface area contributed by atoms with Gasteiger partial charge in [-0.2, -0.15) is 35.5 Å². The van der Waals surface area contributed by atoms with Crippen LogP contribution in [-0.4, -0.2) is 10.1 Å². The van der Waals surface area contributed by atoms with E-state index in [4.69, 9.17) is 0 Å². The molecule has 0 aromatic heterocycles. The quantitative estimate of drug-likeness (QED) is 0.123. The average Bonchev–Trinajstić information content (AvgIpc) is 3.85. The van der Waals surface area contributed by atoms with Crippen LogP contribution in [0.15, 0.2) is 170 Å². The molecule has 0 saturated carbocycles. The van der Waals surface area contributed by atoms with E-state index in [0.29, 0.717) is 0 Å². The van der Waals surface area contributed by atoms with Crippen LogP contribution in [0.4, 0.5) is 0 Å². The van der Waals surface area contributed by atoms with E-state index in [2.05, 4.69) is 182 Å². The predicted molar refractivity (Wildman–Crippen MR) is 194 cm³/mol. The van der Waals surface area contributed by atoms with Crippen LogP contribution in [0.1, 0.15) is 24.0 Å². The van der Waals surface area contributed by atoms with Crippen molar-refractivity contribution in [2.45, 2.75) is 12.8 Å². The third kappa shape index (κ3) is 8.82. The van der Waals surface area contributed by atoms with Crippen molar-refractivity contribution in [3.63, 3.8) is 0 Å². The standard InChI is InChI=1S/2C15H11.C12H10Ge.ClH.Hf/c2*1-2-6-12(5-1)15-10-9-13-7-3-4-8-14(13)11-15;1-3-7-11(8-4-1)13-12-9-5-2-6-10-12;;/h2*1,3-5,7-11H,2H2;1-10H;1H;/q2*-1;;;+2. The summed E-state index contributed by atoms with van der Waals surface area (Å²) in [6.07, 6.45) is 17.2. The van der Waals surface area contributed by atoms with Crippen molar-refractivity contribution in [1.29, 1.82) is 0 Å². The Morgan fingerprint density at radius 2 is 0.822 bits per heavy atom. The normalized spacial score (nSPS) is 12.8. The third-order valence-electron chi connectivity index (χ3n) is 7.64. The van der Waals surface area contributed by atoms with Crippen molar-refractivity contribution < 1.29 is 21.3 Å². The Hall–Kier alpha value is -3.50. The monoisotopic (exact) mass is 826 g/mol. The van der Waals surface area contributed by atoms with Gasteiger partial charge in [-0.3, -0.25) is 0 Å². The Morgan fingerprint density at radius 1 is 0.444 bits per heavy atom. The van der Waals surface area contributed by atoms with Crippen molar-refractivity contribution in [3.05, 3.63) is 193 Å². The van der Waals surface area contributed by atoms with Crippen molar-refractivity contribution >= 4 is 63.9 Å². The Labute approximate surface area is 289 Å². The van der Waals surface area contributed by atoms with Crippen LogP contribution in [0.5, 0.6) is 0 Å². The molecule has 0 aliphatic heterocycles. The molecule has 6 aromatic rings. The third-order valence-corrected chi connectivity index (χ3v) is 22.2. The molecule has 0 N–H and O–H groups in total. The molecule has 0 nitrogen and oxygen atoms in total. The second-order valence-corrected chi connectivity index (χ2v) is 24.0. The number of hydrogen-bond donors (Lipinski definition) is 0. The minimum absolute atomic E-state index is 0. The topological polar surface area (TPSA) is 0 Å². The summed E-state index contributed by atoms with van der Waals surface area (Å²) in [6, 6.07) is 52.0. The van der Waals surface area contributed by atoms with E-state index in [1.165, 1.54) is 65.1 Å². The number of rotatable bonds is 4. The van der Waals surface area contributed by atoms with Crippen LogP contribution in [-0.2, 0) is 21.3 Å². The van der Waals surface area contributed by atoms with Crippen molar-refractivity contribution in [1.82, 2.24) is 0 Å². The molecule has 45 heavy (non-hydrogen) atoms. The van der Waals surface area contributed by atoms with Gasteiger partial charge in [-0.15, -0.1) is 60.0 Å². The molecular weight excluding hydrogens is 791 g/mol. The molecule has 0 atom stereocenters. The summed E-state index contributed by atoms with van der Waals surface area (Å²) in [7, 11) is -1.06. The number of benzene rings is 6. The Balaban J connectivity index is 0.000000132. The van der Waals surface area contributed by atoms with Gasteiger partial charge in [0.15, 0.2) is 0 Å². The van der Waals surface area contributed by atoms with E-state index in [1.807, 2.05) is 0 Å².